The molecule has 0 aromatic carbocycles. The first-order chi connectivity index (χ1) is 7.10. The van der Waals surface area contributed by atoms with E-state index in [-0.39, 0.29) is 12.4 Å². The van der Waals surface area contributed by atoms with Crippen molar-refractivity contribution in [3.63, 3.8) is 0 Å². The molecule has 0 aromatic heterocycles. The van der Waals surface area contributed by atoms with E-state index in [1.165, 1.54) is 19.3 Å². The van der Waals surface area contributed by atoms with E-state index >= 15 is 0 Å². The van der Waals surface area contributed by atoms with Crippen LogP contribution < -0.4 is 0 Å². The second-order valence-corrected chi connectivity index (χ2v) is 7.38. The minimum absolute atomic E-state index is 0. The van der Waals surface area contributed by atoms with Crippen LogP contribution in [0.3, 0.4) is 0 Å². The van der Waals surface area contributed by atoms with Gasteiger partial charge in [0.1, 0.15) is 0 Å². The number of hydrogen-bond donors (Lipinski definition) is 0. The molecule has 0 unspecified atom stereocenters. The van der Waals surface area contributed by atoms with Gasteiger partial charge in [-0.15, -0.1) is 12.4 Å². The molecule has 0 saturated heterocycles. The Kier molecular flexibility index (Phi) is 12.3. The Hall–Kier alpha value is 0.387. The molecule has 0 heterocycles. The maximum atomic E-state index is 5.36. The number of unbranched alkanes of at least 4 members (excludes halogenated alkanes) is 2. The lowest BCUT2D eigenvalue weighted by atomic mass is 10.1. The van der Waals surface area contributed by atoms with Crippen LogP contribution in [-0.4, -0.2) is 30.1 Å². The van der Waals surface area contributed by atoms with Crippen molar-refractivity contribution in [2.45, 2.75) is 45.6 Å². The molecule has 0 N–H and O–H groups in total. The van der Waals surface area contributed by atoms with Crippen molar-refractivity contribution in [3.05, 3.63) is 0 Å². The predicted octanol–water partition coefficient (Wildman–Crippen LogP) is 3.50. The topological polar surface area (TPSA) is 27.7 Å². The van der Waals surface area contributed by atoms with Crippen LogP contribution >= 0.6 is 12.4 Å². The maximum Gasteiger partial charge on any atom is 0.500 e. The summed E-state index contributed by atoms with van der Waals surface area (Å²) in [4.78, 5) is 0. The summed E-state index contributed by atoms with van der Waals surface area (Å²) in [6, 6.07) is 0.925. The summed E-state index contributed by atoms with van der Waals surface area (Å²) >= 11 is 0. The third kappa shape index (κ3) is 7.63. The van der Waals surface area contributed by atoms with Crippen LogP contribution in [0.4, 0.5) is 0 Å². The van der Waals surface area contributed by atoms with Crippen LogP contribution in [0.25, 0.3) is 0 Å². The molecule has 0 aliphatic heterocycles. The van der Waals surface area contributed by atoms with Crippen molar-refractivity contribution in [1.82, 2.24) is 0 Å². The minimum Gasteiger partial charge on any atom is -0.377 e. The smallest absolute Gasteiger partial charge is 0.377 e. The van der Waals surface area contributed by atoms with E-state index in [4.69, 9.17) is 13.3 Å². The molecule has 0 aliphatic carbocycles. The molecule has 5 heteroatoms. The van der Waals surface area contributed by atoms with Crippen molar-refractivity contribution in [1.29, 1.82) is 0 Å². The Morgan fingerprint density at radius 1 is 0.875 bits per heavy atom. The zero-order valence-electron chi connectivity index (χ0n) is 11.2. The summed E-state index contributed by atoms with van der Waals surface area (Å²) < 4.78 is 16.1. The molecule has 100 valence electrons. The van der Waals surface area contributed by atoms with Crippen LogP contribution in [0.2, 0.25) is 6.04 Å². The quantitative estimate of drug-likeness (QED) is 0.474. The Labute approximate surface area is 108 Å². The number of halogens is 1. The van der Waals surface area contributed by atoms with Gasteiger partial charge in [0, 0.05) is 27.4 Å². The Morgan fingerprint density at radius 3 is 1.75 bits per heavy atom. The van der Waals surface area contributed by atoms with Gasteiger partial charge in [-0.05, 0) is 12.3 Å². The lowest BCUT2D eigenvalue weighted by Crippen LogP contribution is -2.42. The second kappa shape index (κ2) is 10.5. The van der Waals surface area contributed by atoms with Gasteiger partial charge in [0.05, 0.1) is 0 Å². The molecule has 0 bridgehead atoms. The van der Waals surface area contributed by atoms with E-state index in [0.717, 1.165) is 18.4 Å². The average Bonchev–Trinajstić information content (AvgIpc) is 2.24. The molecule has 0 radical (unpaired) electrons. The molecular formula is C11H27ClO3Si. The van der Waals surface area contributed by atoms with Crippen LogP contribution in [0.5, 0.6) is 0 Å². The van der Waals surface area contributed by atoms with Crippen LogP contribution in [0.1, 0.15) is 39.5 Å². The second-order valence-electron chi connectivity index (χ2n) is 4.29. The van der Waals surface area contributed by atoms with Crippen LogP contribution in [0, 0.1) is 5.92 Å². The Morgan fingerprint density at radius 2 is 1.38 bits per heavy atom. The molecular weight excluding hydrogens is 244 g/mol. The molecule has 3 nitrogen and oxygen atoms in total. The summed E-state index contributed by atoms with van der Waals surface area (Å²) in [6.07, 6.45) is 4.97. The highest BCUT2D eigenvalue weighted by Gasteiger charge is 2.36. The lowest BCUT2D eigenvalue weighted by molar-refractivity contribution is 0.122. The van der Waals surface area contributed by atoms with Gasteiger partial charge in [-0.1, -0.05) is 33.1 Å². The van der Waals surface area contributed by atoms with E-state index < -0.39 is 8.80 Å². The van der Waals surface area contributed by atoms with Gasteiger partial charge in [-0.25, -0.2) is 0 Å². The van der Waals surface area contributed by atoms with E-state index in [1.807, 2.05) is 0 Å². The van der Waals surface area contributed by atoms with Gasteiger partial charge in [0.2, 0.25) is 0 Å². The predicted molar refractivity (Wildman–Crippen MR) is 72.1 cm³/mol. The SMILES string of the molecule is CO[Si](CCCCCC(C)C)(OC)OC.Cl. The fourth-order valence-electron chi connectivity index (χ4n) is 1.63. The summed E-state index contributed by atoms with van der Waals surface area (Å²) in [5.41, 5.74) is 0. The minimum atomic E-state index is -2.29. The summed E-state index contributed by atoms with van der Waals surface area (Å²) in [7, 11) is 2.73. The molecule has 0 spiro atoms. The summed E-state index contributed by atoms with van der Waals surface area (Å²) in [6.45, 7) is 4.52. The lowest BCUT2D eigenvalue weighted by Gasteiger charge is -2.24. The third-order valence-electron chi connectivity index (χ3n) is 2.70. The highest BCUT2D eigenvalue weighted by atomic mass is 35.5. The van der Waals surface area contributed by atoms with Crippen LogP contribution in [0.15, 0.2) is 0 Å². The third-order valence-corrected chi connectivity index (χ3v) is 5.53. The van der Waals surface area contributed by atoms with Gasteiger partial charge >= 0.3 is 8.80 Å². The van der Waals surface area contributed by atoms with Gasteiger partial charge in [0.25, 0.3) is 0 Å². The van der Waals surface area contributed by atoms with E-state index in [9.17, 15) is 0 Å². The van der Waals surface area contributed by atoms with Crippen LogP contribution in [-0.2, 0) is 13.3 Å². The molecule has 16 heavy (non-hydrogen) atoms. The maximum absolute atomic E-state index is 5.36. The fraction of sp³-hybridized carbons (Fsp3) is 1.00. The van der Waals surface area contributed by atoms with Crippen molar-refractivity contribution in [2.75, 3.05) is 21.3 Å². The molecule has 0 atom stereocenters. The van der Waals surface area contributed by atoms with Crippen molar-refractivity contribution in [2.24, 2.45) is 5.92 Å². The molecule has 0 saturated carbocycles. The summed E-state index contributed by atoms with van der Waals surface area (Å²) in [5.74, 6) is 0.805. The molecule has 0 aliphatic rings. The van der Waals surface area contributed by atoms with Gasteiger partial charge in [-0.3, -0.25) is 0 Å². The fourth-order valence-corrected chi connectivity index (χ4v) is 3.42. The molecule has 0 amide bonds. The Balaban J connectivity index is 0. The normalized spacial score (nSPS) is 11.6. The largest absolute Gasteiger partial charge is 0.500 e. The standard InChI is InChI=1S/C11H26O3Si.ClH/c1-11(2)9-7-6-8-10-15(12-3,13-4)14-5;/h11H,6-10H2,1-5H3;1H. The number of hydrogen-bond acceptors (Lipinski definition) is 3. The monoisotopic (exact) mass is 270 g/mol. The van der Waals surface area contributed by atoms with Gasteiger partial charge in [-0.2, -0.15) is 0 Å². The molecule has 0 rings (SSSR count). The first-order valence-corrected chi connectivity index (χ1v) is 7.69. The van der Waals surface area contributed by atoms with Gasteiger partial charge < -0.3 is 13.3 Å². The van der Waals surface area contributed by atoms with E-state index in [1.54, 1.807) is 21.3 Å². The van der Waals surface area contributed by atoms with E-state index in [0.29, 0.717) is 0 Å². The highest BCUT2D eigenvalue weighted by molar-refractivity contribution is 6.60. The zero-order chi connectivity index (χ0) is 11.7. The Bertz CT molecular complexity index is 144. The van der Waals surface area contributed by atoms with Crippen molar-refractivity contribution < 1.29 is 13.3 Å². The van der Waals surface area contributed by atoms with E-state index in [2.05, 4.69) is 13.8 Å². The average molecular weight is 271 g/mol. The van der Waals surface area contributed by atoms with Gasteiger partial charge in [0.15, 0.2) is 0 Å². The highest BCUT2D eigenvalue weighted by Crippen LogP contribution is 2.18. The summed E-state index contributed by atoms with van der Waals surface area (Å²) in [5, 5.41) is 0. The first kappa shape index (κ1) is 18.7. The molecule has 0 fully saturated rings. The number of rotatable bonds is 9. The van der Waals surface area contributed by atoms with Crippen molar-refractivity contribution in [3.8, 4) is 0 Å². The zero-order valence-corrected chi connectivity index (χ0v) is 13.1. The van der Waals surface area contributed by atoms with Crippen molar-refractivity contribution >= 4 is 21.2 Å². The molecule has 0 aromatic rings. The first-order valence-electron chi connectivity index (χ1n) is 5.75.